The van der Waals surface area contributed by atoms with Crippen LogP contribution >= 0.6 is 0 Å². The number of benzene rings is 1. The zero-order valence-electron chi connectivity index (χ0n) is 13.1. The molecule has 0 atom stereocenters. The van der Waals surface area contributed by atoms with Crippen LogP contribution in [0.3, 0.4) is 0 Å². The van der Waals surface area contributed by atoms with Crippen LogP contribution in [-0.2, 0) is 0 Å². The van der Waals surface area contributed by atoms with Gasteiger partial charge in [-0.15, -0.1) is 0 Å². The normalized spacial score (nSPS) is 20.4. The van der Waals surface area contributed by atoms with Crippen molar-refractivity contribution in [3.8, 4) is 5.75 Å². The molecule has 1 aromatic carbocycles. The molecule has 0 N–H and O–H groups in total. The summed E-state index contributed by atoms with van der Waals surface area (Å²) in [5.74, 6) is -0.110. The van der Waals surface area contributed by atoms with Crippen molar-refractivity contribution < 1.29 is 13.9 Å². The molecule has 1 heterocycles. The second-order valence-electron chi connectivity index (χ2n) is 6.11. The Bertz CT molecular complexity index is 535. The molecule has 1 saturated heterocycles. The summed E-state index contributed by atoms with van der Waals surface area (Å²) in [6.45, 7) is 3.23. The van der Waals surface area contributed by atoms with Crippen molar-refractivity contribution in [1.82, 2.24) is 9.80 Å². The van der Waals surface area contributed by atoms with Crippen LogP contribution in [0.4, 0.5) is 4.39 Å². The topological polar surface area (TPSA) is 32.8 Å². The average Bonchev–Trinajstić information content (AvgIpc) is 3.09. The number of rotatable bonds is 3. The molecule has 1 saturated carbocycles. The van der Waals surface area contributed by atoms with Crippen LogP contribution in [-0.4, -0.2) is 55.0 Å². The summed E-state index contributed by atoms with van der Waals surface area (Å²) in [6.07, 6.45) is 5.21. The second-order valence-corrected chi connectivity index (χ2v) is 6.11. The number of carbonyl (C=O) groups excluding carboxylic acids is 1. The van der Waals surface area contributed by atoms with Crippen LogP contribution in [0, 0.1) is 5.82 Å². The van der Waals surface area contributed by atoms with Gasteiger partial charge in [-0.3, -0.25) is 9.69 Å². The van der Waals surface area contributed by atoms with Crippen LogP contribution in [0.1, 0.15) is 36.0 Å². The van der Waals surface area contributed by atoms with Crippen LogP contribution in [0.25, 0.3) is 0 Å². The van der Waals surface area contributed by atoms with Gasteiger partial charge in [-0.2, -0.15) is 0 Å². The van der Waals surface area contributed by atoms with Crippen molar-refractivity contribution in [2.24, 2.45) is 0 Å². The summed E-state index contributed by atoms with van der Waals surface area (Å²) in [5, 5.41) is 0. The van der Waals surface area contributed by atoms with E-state index in [1.807, 2.05) is 4.90 Å². The summed E-state index contributed by atoms with van der Waals surface area (Å²) in [6, 6.07) is 4.79. The average molecular weight is 306 g/mol. The lowest BCUT2D eigenvalue weighted by atomic mass is 10.1. The minimum Gasteiger partial charge on any atom is -0.496 e. The van der Waals surface area contributed by atoms with Gasteiger partial charge in [0.1, 0.15) is 11.6 Å². The number of ether oxygens (including phenoxy) is 1. The fourth-order valence-electron chi connectivity index (χ4n) is 3.58. The summed E-state index contributed by atoms with van der Waals surface area (Å²) in [5.41, 5.74) is 0.316. The number of halogens is 1. The monoisotopic (exact) mass is 306 g/mol. The summed E-state index contributed by atoms with van der Waals surface area (Å²) in [4.78, 5) is 16.9. The van der Waals surface area contributed by atoms with E-state index in [4.69, 9.17) is 4.74 Å². The lowest BCUT2D eigenvalue weighted by molar-refractivity contribution is 0.0570. The molecule has 1 amide bonds. The molecule has 2 fully saturated rings. The van der Waals surface area contributed by atoms with Gasteiger partial charge in [0.2, 0.25) is 0 Å². The number of amides is 1. The van der Waals surface area contributed by atoms with Gasteiger partial charge < -0.3 is 9.64 Å². The molecular weight excluding hydrogens is 283 g/mol. The van der Waals surface area contributed by atoms with Crippen molar-refractivity contribution in [3.05, 3.63) is 29.6 Å². The second kappa shape index (κ2) is 6.65. The van der Waals surface area contributed by atoms with Crippen molar-refractivity contribution in [2.45, 2.75) is 31.7 Å². The Morgan fingerprint density at radius 2 is 1.86 bits per heavy atom. The van der Waals surface area contributed by atoms with Gasteiger partial charge in [-0.25, -0.2) is 4.39 Å². The minimum atomic E-state index is -0.409. The van der Waals surface area contributed by atoms with Crippen LogP contribution in [0.5, 0.6) is 5.75 Å². The molecule has 0 aromatic heterocycles. The molecule has 5 heteroatoms. The van der Waals surface area contributed by atoms with E-state index in [2.05, 4.69) is 4.90 Å². The molecule has 1 aliphatic carbocycles. The van der Waals surface area contributed by atoms with E-state index in [9.17, 15) is 9.18 Å². The van der Waals surface area contributed by atoms with E-state index in [0.29, 0.717) is 30.4 Å². The Labute approximate surface area is 130 Å². The fourth-order valence-corrected chi connectivity index (χ4v) is 3.58. The van der Waals surface area contributed by atoms with Crippen LogP contribution < -0.4 is 4.74 Å². The Balaban J connectivity index is 1.65. The molecule has 0 unspecified atom stereocenters. The molecule has 0 radical (unpaired) electrons. The van der Waals surface area contributed by atoms with Crippen molar-refractivity contribution >= 4 is 5.91 Å². The standard InChI is InChI=1S/C17H23FN2O2/c1-22-16-7-6-13(18)12-15(16)17(21)20-10-8-19(9-11-20)14-4-2-3-5-14/h6-7,12,14H,2-5,8-11H2,1H3. The maximum atomic E-state index is 13.4. The number of hydrogen-bond donors (Lipinski definition) is 0. The maximum absolute atomic E-state index is 13.4. The van der Waals surface area contributed by atoms with E-state index in [0.717, 1.165) is 13.1 Å². The first kappa shape index (κ1) is 15.3. The third-order valence-corrected chi connectivity index (χ3v) is 4.83. The van der Waals surface area contributed by atoms with E-state index in [-0.39, 0.29) is 5.91 Å². The van der Waals surface area contributed by atoms with Gasteiger partial charge in [0.15, 0.2) is 0 Å². The Kier molecular flexibility index (Phi) is 4.62. The van der Waals surface area contributed by atoms with E-state index >= 15 is 0 Å². The smallest absolute Gasteiger partial charge is 0.257 e. The first-order chi connectivity index (χ1) is 10.7. The Morgan fingerprint density at radius 3 is 2.50 bits per heavy atom. The lowest BCUT2D eigenvalue weighted by Crippen LogP contribution is -2.51. The van der Waals surface area contributed by atoms with Gasteiger partial charge in [-0.1, -0.05) is 12.8 Å². The molecule has 22 heavy (non-hydrogen) atoms. The first-order valence-corrected chi connectivity index (χ1v) is 8.06. The number of hydrogen-bond acceptors (Lipinski definition) is 3. The SMILES string of the molecule is COc1ccc(F)cc1C(=O)N1CCN(C2CCCC2)CC1. The molecule has 120 valence electrons. The summed E-state index contributed by atoms with van der Waals surface area (Å²) < 4.78 is 18.6. The first-order valence-electron chi connectivity index (χ1n) is 8.06. The molecule has 2 aliphatic rings. The molecule has 1 aliphatic heterocycles. The number of nitrogens with zero attached hydrogens (tertiary/aromatic N) is 2. The molecule has 0 spiro atoms. The van der Waals surface area contributed by atoms with Gasteiger partial charge in [0.25, 0.3) is 5.91 Å². The van der Waals surface area contributed by atoms with Gasteiger partial charge in [0, 0.05) is 32.2 Å². The molecule has 0 bridgehead atoms. The summed E-state index contributed by atoms with van der Waals surface area (Å²) in [7, 11) is 1.50. The zero-order valence-corrected chi connectivity index (χ0v) is 13.1. The zero-order chi connectivity index (χ0) is 15.5. The number of carbonyl (C=O) groups is 1. The third kappa shape index (κ3) is 3.09. The molecule has 4 nitrogen and oxygen atoms in total. The van der Waals surface area contributed by atoms with E-state index in [1.165, 1.54) is 51.0 Å². The quantitative estimate of drug-likeness (QED) is 0.860. The largest absolute Gasteiger partial charge is 0.496 e. The van der Waals surface area contributed by atoms with Gasteiger partial charge in [0.05, 0.1) is 12.7 Å². The third-order valence-electron chi connectivity index (χ3n) is 4.83. The Morgan fingerprint density at radius 1 is 1.18 bits per heavy atom. The van der Waals surface area contributed by atoms with Crippen molar-refractivity contribution in [1.29, 1.82) is 0 Å². The van der Waals surface area contributed by atoms with Crippen molar-refractivity contribution in [3.63, 3.8) is 0 Å². The summed E-state index contributed by atoms with van der Waals surface area (Å²) >= 11 is 0. The van der Waals surface area contributed by atoms with E-state index in [1.54, 1.807) is 0 Å². The number of piperazine rings is 1. The lowest BCUT2D eigenvalue weighted by Gasteiger charge is -2.38. The van der Waals surface area contributed by atoms with Crippen molar-refractivity contribution in [2.75, 3.05) is 33.3 Å². The number of methoxy groups -OCH3 is 1. The predicted octanol–water partition coefficient (Wildman–Crippen LogP) is 2.53. The fraction of sp³-hybridized carbons (Fsp3) is 0.588. The van der Waals surface area contributed by atoms with E-state index < -0.39 is 5.82 Å². The predicted molar refractivity (Wildman–Crippen MR) is 82.7 cm³/mol. The molecule has 3 rings (SSSR count). The highest BCUT2D eigenvalue weighted by atomic mass is 19.1. The minimum absolute atomic E-state index is 0.137. The highest BCUT2D eigenvalue weighted by Crippen LogP contribution is 2.26. The van der Waals surface area contributed by atoms with Crippen LogP contribution in [0.15, 0.2) is 18.2 Å². The maximum Gasteiger partial charge on any atom is 0.257 e. The Hall–Kier alpha value is -1.62. The van der Waals surface area contributed by atoms with Crippen LogP contribution in [0.2, 0.25) is 0 Å². The highest BCUT2D eigenvalue weighted by molar-refractivity contribution is 5.97. The molecular formula is C17H23FN2O2. The van der Waals surface area contributed by atoms with Gasteiger partial charge in [-0.05, 0) is 31.0 Å². The highest BCUT2D eigenvalue weighted by Gasteiger charge is 2.29. The van der Waals surface area contributed by atoms with Gasteiger partial charge >= 0.3 is 0 Å². The molecule has 1 aromatic rings.